The van der Waals surface area contributed by atoms with E-state index >= 15 is 0 Å². The minimum atomic E-state index is -0.503. The predicted molar refractivity (Wildman–Crippen MR) is 85.6 cm³/mol. The van der Waals surface area contributed by atoms with Crippen molar-refractivity contribution >= 4 is 17.6 Å². The van der Waals surface area contributed by atoms with Crippen molar-refractivity contribution < 1.29 is 4.92 Å². The number of hydrogen-bond donors (Lipinski definition) is 1. The Morgan fingerprint density at radius 3 is 2.83 bits per heavy atom. The molecule has 10 heteroatoms. The summed E-state index contributed by atoms with van der Waals surface area (Å²) in [6, 6.07) is 1.39. The second-order valence-electron chi connectivity index (χ2n) is 5.59. The lowest BCUT2D eigenvalue weighted by molar-refractivity contribution is -0.389. The summed E-state index contributed by atoms with van der Waals surface area (Å²) in [5.41, 5.74) is 0. The van der Waals surface area contributed by atoms with Gasteiger partial charge in [0.25, 0.3) is 0 Å². The number of nitrogen functional groups attached to an aromatic ring is 1. The van der Waals surface area contributed by atoms with Crippen molar-refractivity contribution in [1.82, 2.24) is 24.7 Å². The first-order valence-electron chi connectivity index (χ1n) is 7.66. The first kappa shape index (κ1) is 15.8. The van der Waals surface area contributed by atoms with Crippen LogP contribution in [-0.2, 0) is 6.54 Å². The molecule has 1 aliphatic carbocycles. The number of rotatable bonds is 6. The third-order valence-electron chi connectivity index (χ3n) is 4.03. The van der Waals surface area contributed by atoms with Gasteiger partial charge < -0.3 is 16.0 Å². The molecule has 2 heterocycles. The van der Waals surface area contributed by atoms with Crippen LogP contribution in [0, 0.1) is 10.1 Å². The fraction of sp³-hybridized carbons (Fsp3) is 0.615. The van der Waals surface area contributed by atoms with Gasteiger partial charge in [-0.3, -0.25) is 0 Å². The SMILES string of the molecule is Nn1c(SCCn2ccc([N+](=O)[O-])n2)nnc1C1CCCCC1. The van der Waals surface area contributed by atoms with Crippen LogP contribution in [0.5, 0.6) is 0 Å². The Morgan fingerprint density at radius 2 is 2.13 bits per heavy atom. The monoisotopic (exact) mass is 337 g/mol. The molecule has 3 rings (SSSR count). The number of nitro groups is 1. The molecule has 0 saturated heterocycles. The normalized spacial score (nSPS) is 15.8. The fourth-order valence-electron chi connectivity index (χ4n) is 2.83. The van der Waals surface area contributed by atoms with Gasteiger partial charge in [0, 0.05) is 11.7 Å². The smallest absolute Gasteiger partial charge is 0.358 e. The van der Waals surface area contributed by atoms with Crippen LogP contribution in [0.1, 0.15) is 43.8 Å². The molecule has 2 aromatic rings. The summed E-state index contributed by atoms with van der Waals surface area (Å²) in [7, 11) is 0. The molecular formula is C13H19N7O2S. The summed E-state index contributed by atoms with van der Waals surface area (Å²) in [5, 5.41) is 23.6. The molecule has 0 bridgehead atoms. The molecule has 0 amide bonds. The van der Waals surface area contributed by atoms with Gasteiger partial charge in [-0.2, -0.15) is 4.68 Å². The van der Waals surface area contributed by atoms with Gasteiger partial charge in [-0.05, 0) is 17.8 Å². The minimum Gasteiger partial charge on any atom is -0.358 e. The van der Waals surface area contributed by atoms with Gasteiger partial charge in [0.05, 0.1) is 23.9 Å². The van der Waals surface area contributed by atoms with Gasteiger partial charge in [-0.25, -0.2) is 4.68 Å². The molecule has 1 saturated carbocycles. The fourth-order valence-corrected chi connectivity index (χ4v) is 3.62. The summed E-state index contributed by atoms with van der Waals surface area (Å²) in [4.78, 5) is 10.1. The second kappa shape index (κ2) is 6.99. The van der Waals surface area contributed by atoms with Crippen LogP contribution in [0.15, 0.2) is 17.4 Å². The molecule has 0 radical (unpaired) electrons. The molecule has 0 aromatic carbocycles. The highest BCUT2D eigenvalue weighted by Gasteiger charge is 2.22. The van der Waals surface area contributed by atoms with Crippen molar-refractivity contribution in [2.24, 2.45) is 0 Å². The number of aromatic nitrogens is 5. The highest BCUT2D eigenvalue weighted by atomic mass is 32.2. The van der Waals surface area contributed by atoms with Crippen LogP contribution in [0.4, 0.5) is 5.82 Å². The molecular weight excluding hydrogens is 318 g/mol. The summed E-state index contributed by atoms with van der Waals surface area (Å²) in [6.45, 7) is 0.546. The zero-order chi connectivity index (χ0) is 16.2. The number of hydrogen-bond acceptors (Lipinski definition) is 7. The Kier molecular flexibility index (Phi) is 4.79. The maximum Gasteiger partial charge on any atom is 0.389 e. The average Bonchev–Trinajstić information content (AvgIpc) is 3.16. The molecule has 1 fully saturated rings. The van der Waals surface area contributed by atoms with E-state index in [0.29, 0.717) is 23.4 Å². The Morgan fingerprint density at radius 1 is 1.35 bits per heavy atom. The van der Waals surface area contributed by atoms with Crippen LogP contribution in [-0.4, -0.2) is 35.3 Å². The highest BCUT2D eigenvalue weighted by Crippen LogP contribution is 2.32. The van der Waals surface area contributed by atoms with Crippen molar-refractivity contribution in [3.8, 4) is 0 Å². The number of nitrogens with zero attached hydrogens (tertiary/aromatic N) is 6. The quantitative estimate of drug-likeness (QED) is 0.370. The molecule has 0 aliphatic heterocycles. The lowest BCUT2D eigenvalue weighted by atomic mass is 9.89. The highest BCUT2D eigenvalue weighted by molar-refractivity contribution is 7.99. The lowest BCUT2D eigenvalue weighted by Gasteiger charge is -2.20. The molecule has 9 nitrogen and oxygen atoms in total. The second-order valence-corrected chi connectivity index (χ2v) is 6.65. The van der Waals surface area contributed by atoms with E-state index in [0.717, 1.165) is 18.7 Å². The molecule has 23 heavy (non-hydrogen) atoms. The van der Waals surface area contributed by atoms with Gasteiger partial charge in [-0.15, -0.1) is 10.2 Å². The first-order valence-corrected chi connectivity index (χ1v) is 8.64. The Bertz CT molecular complexity index is 678. The van der Waals surface area contributed by atoms with E-state index in [1.54, 1.807) is 15.6 Å². The Hall–Kier alpha value is -2.10. The van der Waals surface area contributed by atoms with Gasteiger partial charge in [-0.1, -0.05) is 31.0 Å². The third kappa shape index (κ3) is 3.63. The zero-order valence-corrected chi connectivity index (χ0v) is 13.5. The lowest BCUT2D eigenvalue weighted by Crippen LogP contribution is -2.18. The van der Waals surface area contributed by atoms with E-state index in [1.165, 1.54) is 37.1 Å². The molecule has 2 N–H and O–H groups in total. The molecule has 0 unspecified atom stereocenters. The van der Waals surface area contributed by atoms with Gasteiger partial charge in [0.2, 0.25) is 5.16 Å². The van der Waals surface area contributed by atoms with Crippen LogP contribution in [0.2, 0.25) is 0 Å². The first-order chi connectivity index (χ1) is 11.1. The van der Waals surface area contributed by atoms with Crippen LogP contribution >= 0.6 is 11.8 Å². The van der Waals surface area contributed by atoms with E-state index in [-0.39, 0.29) is 5.82 Å². The third-order valence-corrected chi connectivity index (χ3v) is 4.95. The van der Waals surface area contributed by atoms with Crippen molar-refractivity contribution in [2.75, 3.05) is 11.6 Å². The van der Waals surface area contributed by atoms with E-state index in [2.05, 4.69) is 15.3 Å². The van der Waals surface area contributed by atoms with E-state index < -0.39 is 4.92 Å². The number of nitrogens with two attached hydrogens (primary N) is 1. The molecule has 2 aromatic heterocycles. The summed E-state index contributed by atoms with van der Waals surface area (Å²) < 4.78 is 3.14. The summed E-state index contributed by atoms with van der Waals surface area (Å²) in [6.07, 6.45) is 7.57. The van der Waals surface area contributed by atoms with Crippen LogP contribution in [0.25, 0.3) is 0 Å². The van der Waals surface area contributed by atoms with E-state index in [4.69, 9.17) is 5.84 Å². The predicted octanol–water partition coefficient (Wildman–Crippen LogP) is 1.94. The van der Waals surface area contributed by atoms with Gasteiger partial charge in [0.1, 0.15) is 0 Å². The maximum absolute atomic E-state index is 10.6. The van der Waals surface area contributed by atoms with Crippen molar-refractivity contribution in [3.05, 3.63) is 28.2 Å². The van der Waals surface area contributed by atoms with E-state index in [9.17, 15) is 10.1 Å². The summed E-state index contributed by atoms with van der Waals surface area (Å²) >= 11 is 1.48. The van der Waals surface area contributed by atoms with Crippen molar-refractivity contribution in [2.45, 2.75) is 49.7 Å². The molecule has 0 spiro atoms. The van der Waals surface area contributed by atoms with Crippen molar-refractivity contribution in [3.63, 3.8) is 0 Å². The van der Waals surface area contributed by atoms with Crippen LogP contribution in [0.3, 0.4) is 0 Å². The number of thioether (sulfide) groups is 1. The van der Waals surface area contributed by atoms with Crippen molar-refractivity contribution in [1.29, 1.82) is 0 Å². The minimum absolute atomic E-state index is 0.142. The number of aryl methyl sites for hydroxylation is 1. The molecule has 124 valence electrons. The topological polar surface area (TPSA) is 118 Å². The van der Waals surface area contributed by atoms with Gasteiger partial charge >= 0.3 is 5.82 Å². The Labute approximate surface area is 137 Å². The summed E-state index contributed by atoms with van der Waals surface area (Å²) in [5.74, 6) is 7.91. The largest absolute Gasteiger partial charge is 0.389 e. The van der Waals surface area contributed by atoms with Gasteiger partial charge in [0.15, 0.2) is 5.82 Å². The standard InChI is InChI=1S/C13H19N7O2S/c14-19-12(10-4-2-1-3-5-10)15-16-13(19)23-9-8-18-7-6-11(17-18)20(21)22/h6-7,10H,1-5,8-9,14H2. The maximum atomic E-state index is 10.6. The molecule has 0 atom stereocenters. The van der Waals surface area contributed by atoms with Crippen LogP contribution < -0.4 is 5.84 Å². The molecule has 1 aliphatic rings. The average molecular weight is 337 g/mol. The van der Waals surface area contributed by atoms with E-state index in [1.807, 2.05) is 0 Å². The zero-order valence-electron chi connectivity index (χ0n) is 12.7. The Balaban J connectivity index is 1.55.